The van der Waals surface area contributed by atoms with Crippen LogP contribution in [-0.2, 0) is 0 Å². The van der Waals surface area contributed by atoms with Gasteiger partial charge in [-0.3, -0.25) is 0 Å². The van der Waals surface area contributed by atoms with Crippen LogP contribution in [0.1, 0.15) is 12.8 Å². The normalized spacial score (nSPS) is 19.3. The molecule has 1 fully saturated rings. The Hall–Kier alpha value is -1.88. The number of aromatic nitrogens is 2. The molecule has 1 aliphatic rings. The van der Waals surface area contributed by atoms with Gasteiger partial charge in [0.15, 0.2) is 5.82 Å². The zero-order valence-electron chi connectivity index (χ0n) is 11.7. The van der Waals surface area contributed by atoms with Gasteiger partial charge in [-0.1, -0.05) is 12.1 Å². The molecule has 106 valence electrons. The van der Waals surface area contributed by atoms with Crippen molar-refractivity contribution in [2.24, 2.45) is 11.7 Å². The zero-order valence-corrected chi connectivity index (χ0v) is 11.7. The molecule has 0 spiro atoms. The Kier molecular flexibility index (Phi) is 3.69. The number of benzene rings is 1. The van der Waals surface area contributed by atoms with Crippen LogP contribution in [0.4, 0.5) is 5.82 Å². The highest BCUT2D eigenvalue weighted by molar-refractivity contribution is 5.77. The van der Waals surface area contributed by atoms with Crippen LogP contribution >= 0.6 is 0 Å². The monoisotopic (exact) mass is 272 g/mol. The summed E-state index contributed by atoms with van der Waals surface area (Å²) in [5.41, 5.74) is 7.57. The number of nitrogens with zero attached hydrogens (tertiary/aromatic N) is 3. The van der Waals surface area contributed by atoms with E-state index in [0.29, 0.717) is 11.8 Å². The second kappa shape index (κ2) is 5.63. The molecule has 3 rings (SSSR count). The third-order valence-corrected chi connectivity index (χ3v) is 3.87. The molecule has 1 saturated heterocycles. The summed E-state index contributed by atoms with van der Waals surface area (Å²) in [4.78, 5) is 11.5. The fourth-order valence-electron chi connectivity index (χ4n) is 2.77. The number of hydrogen-bond acceptors (Lipinski definition) is 5. The van der Waals surface area contributed by atoms with Crippen molar-refractivity contribution < 1.29 is 4.74 Å². The Morgan fingerprint density at radius 1 is 1.30 bits per heavy atom. The van der Waals surface area contributed by atoms with Gasteiger partial charge in [0, 0.05) is 13.1 Å². The van der Waals surface area contributed by atoms with Gasteiger partial charge in [-0.2, -0.15) is 0 Å². The molecule has 2 N–H and O–H groups in total. The van der Waals surface area contributed by atoms with Gasteiger partial charge < -0.3 is 15.4 Å². The number of ether oxygens (including phenoxy) is 1. The highest BCUT2D eigenvalue weighted by atomic mass is 16.5. The minimum absolute atomic E-state index is 0.529. The lowest BCUT2D eigenvalue weighted by molar-refractivity contribution is 0.385. The van der Waals surface area contributed by atoms with E-state index in [1.165, 1.54) is 6.42 Å². The summed E-state index contributed by atoms with van der Waals surface area (Å²) in [5.74, 6) is 1.97. The maximum Gasteiger partial charge on any atom is 0.257 e. The third kappa shape index (κ3) is 2.41. The molecule has 20 heavy (non-hydrogen) atoms. The highest BCUT2D eigenvalue weighted by Crippen LogP contribution is 2.29. The Labute approximate surface area is 118 Å². The van der Waals surface area contributed by atoms with E-state index in [0.717, 1.165) is 42.9 Å². The van der Waals surface area contributed by atoms with E-state index in [2.05, 4.69) is 9.88 Å². The second-order valence-electron chi connectivity index (χ2n) is 5.24. The molecule has 1 atom stereocenters. The summed E-state index contributed by atoms with van der Waals surface area (Å²) in [7, 11) is 1.65. The largest absolute Gasteiger partial charge is 0.478 e. The van der Waals surface area contributed by atoms with Crippen molar-refractivity contribution >= 4 is 16.9 Å². The molecule has 0 saturated carbocycles. The van der Waals surface area contributed by atoms with Crippen LogP contribution in [0.25, 0.3) is 11.0 Å². The second-order valence-corrected chi connectivity index (χ2v) is 5.24. The first-order chi connectivity index (χ1) is 9.81. The quantitative estimate of drug-likeness (QED) is 0.923. The lowest BCUT2D eigenvalue weighted by Gasteiger charge is -2.33. The summed E-state index contributed by atoms with van der Waals surface area (Å²) in [6.45, 7) is 2.64. The summed E-state index contributed by atoms with van der Waals surface area (Å²) >= 11 is 0. The van der Waals surface area contributed by atoms with Crippen LogP contribution in [0.2, 0.25) is 0 Å². The Morgan fingerprint density at radius 2 is 2.05 bits per heavy atom. The molecule has 1 aliphatic heterocycles. The third-order valence-electron chi connectivity index (χ3n) is 3.87. The SMILES string of the molecule is COc1nc2ccccc2nc1N1CCCC(CN)C1. The van der Waals surface area contributed by atoms with E-state index < -0.39 is 0 Å². The summed E-state index contributed by atoms with van der Waals surface area (Å²) in [5, 5.41) is 0. The molecule has 0 amide bonds. The molecular formula is C15H20N4O. The van der Waals surface area contributed by atoms with Crippen molar-refractivity contribution in [2.45, 2.75) is 12.8 Å². The number of para-hydroxylation sites is 2. The molecule has 1 aromatic carbocycles. The van der Waals surface area contributed by atoms with E-state index in [1.807, 2.05) is 24.3 Å². The first-order valence-corrected chi connectivity index (χ1v) is 7.07. The Bertz CT molecular complexity index is 601. The van der Waals surface area contributed by atoms with Crippen molar-refractivity contribution in [3.8, 4) is 5.88 Å². The van der Waals surface area contributed by atoms with Gasteiger partial charge in [0.25, 0.3) is 5.88 Å². The molecule has 0 bridgehead atoms. The number of hydrogen-bond donors (Lipinski definition) is 1. The van der Waals surface area contributed by atoms with Gasteiger partial charge in [-0.05, 0) is 37.4 Å². The van der Waals surface area contributed by atoms with Crippen LogP contribution < -0.4 is 15.4 Å². The minimum Gasteiger partial charge on any atom is -0.478 e. The van der Waals surface area contributed by atoms with E-state index >= 15 is 0 Å². The molecule has 2 heterocycles. The minimum atomic E-state index is 0.529. The van der Waals surface area contributed by atoms with E-state index in [9.17, 15) is 0 Å². The number of anilines is 1. The van der Waals surface area contributed by atoms with E-state index in [-0.39, 0.29) is 0 Å². The first-order valence-electron chi connectivity index (χ1n) is 7.07. The first kappa shape index (κ1) is 13.1. The van der Waals surface area contributed by atoms with E-state index in [1.54, 1.807) is 7.11 Å². The molecule has 2 aromatic rings. The number of methoxy groups -OCH3 is 1. The maximum atomic E-state index is 5.81. The van der Waals surface area contributed by atoms with Crippen molar-refractivity contribution in [3.05, 3.63) is 24.3 Å². The lowest BCUT2D eigenvalue weighted by atomic mass is 9.98. The predicted molar refractivity (Wildman–Crippen MR) is 80.1 cm³/mol. The summed E-state index contributed by atoms with van der Waals surface area (Å²) < 4.78 is 5.43. The highest BCUT2D eigenvalue weighted by Gasteiger charge is 2.23. The standard InChI is InChI=1S/C15H20N4O/c1-20-15-14(19-8-4-5-11(9-16)10-19)17-12-6-2-3-7-13(12)18-15/h2-3,6-7,11H,4-5,8-10,16H2,1H3. The summed E-state index contributed by atoms with van der Waals surface area (Å²) in [6, 6.07) is 7.87. The average molecular weight is 272 g/mol. The number of fused-ring (bicyclic) bond motifs is 1. The average Bonchev–Trinajstić information content (AvgIpc) is 2.53. The molecule has 5 heteroatoms. The fourth-order valence-corrected chi connectivity index (χ4v) is 2.77. The topological polar surface area (TPSA) is 64.3 Å². The molecule has 0 radical (unpaired) electrons. The van der Waals surface area contributed by atoms with Crippen LogP contribution in [0.5, 0.6) is 5.88 Å². The van der Waals surface area contributed by atoms with Crippen molar-refractivity contribution in [3.63, 3.8) is 0 Å². The van der Waals surface area contributed by atoms with Gasteiger partial charge in [0.05, 0.1) is 18.1 Å². The lowest BCUT2D eigenvalue weighted by Crippen LogP contribution is -2.39. The Balaban J connectivity index is 2.00. The van der Waals surface area contributed by atoms with Gasteiger partial charge in [-0.15, -0.1) is 0 Å². The van der Waals surface area contributed by atoms with Gasteiger partial charge >= 0.3 is 0 Å². The smallest absolute Gasteiger partial charge is 0.257 e. The molecular weight excluding hydrogens is 252 g/mol. The van der Waals surface area contributed by atoms with Crippen molar-refractivity contribution in [1.29, 1.82) is 0 Å². The maximum absolute atomic E-state index is 5.81. The molecule has 0 aliphatic carbocycles. The van der Waals surface area contributed by atoms with Crippen LogP contribution in [0.15, 0.2) is 24.3 Å². The molecule has 1 aromatic heterocycles. The Morgan fingerprint density at radius 3 is 2.75 bits per heavy atom. The van der Waals surface area contributed by atoms with Crippen molar-refractivity contribution in [2.75, 3.05) is 31.6 Å². The fraction of sp³-hybridized carbons (Fsp3) is 0.467. The summed E-state index contributed by atoms with van der Waals surface area (Å²) in [6.07, 6.45) is 2.33. The van der Waals surface area contributed by atoms with Gasteiger partial charge in [-0.25, -0.2) is 9.97 Å². The zero-order chi connectivity index (χ0) is 13.9. The van der Waals surface area contributed by atoms with Crippen LogP contribution in [0.3, 0.4) is 0 Å². The van der Waals surface area contributed by atoms with Crippen LogP contribution in [0, 0.1) is 5.92 Å². The molecule has 1 unspecified atom stereocenters. The van der Waals surface area contributed by atoms with Gasteiger partial charge in [0.1, 0.15) is 0 Å². The van der Waals surface area contributed by atoms with E-state index in [4.69, 9.17) is 15.5 Å². The van der Waals surface area contributed by atoms with Crippen molar-refractivity contribution in [1.82, 2.24) is 9.97 Å². The number of nitrogens with two attached hydrogens (primary N) is 1. The van der Waals surface area contributed by atoms with Crippen LogP contribution in [-0.4, -0.2) is 36.7 Å². The molecule has 5 nitrogen and oxygen atoms in total. The number of rotatable bonds is 3. The van der Waals surface area contributed by atoms with Gasteiger partial charge in [0.2, 0.25) is 0 Å². The predicted octanol–water partition coefficient (Wildman–Crippen LogP) is 1.81. The number of piperidine rings is 1.